The van der Waals surface area contributed by atoms with Gasteiger partial charge < -0.3 is 9.04 Å². The van der Waals surface area contributed by atoms with E-state index in [1.54, 1.807) is 0 Å². The van der Waals surface area contributed by atoms with E-state index in [1.807, 2.05) is 0 Å². The van der Waals surface area contributed by atoms with Crippen LogP contribution < -0.4 is 0 Å². The molecule has 0 saturated carbocycles. The molecule has 0 radical (unpaired) electrons. The highest BCUT2D eigenvalue weighted by Crippen LogP contribution is 2.05. The molecule has 0 aromatic carbocycles. The van der Waals surface area contributed by atoms with Gasteiger partial charge in [-0.15, -0.1) is 0 Å². The van der Waals surface area contributed by atoms with Gasteiger partial charge in [-0.2, -0.15) is 0 Å². The van der Waals surface area contributed by atoms with Crippen LogP contribution in [0.4, 0.5) is 0 Å². The van der Waals surface area contributed by atoms with Crippen LogP contribution in [-0.2, 0) is 10.1 Å². The first-order valence-electron chi connectivity index (χ1n) is 6.28. The lowest BCUT2D eigenvalue weighted by molar-refractivity contribution is -0.849. The van der Waals surface area contributed by atoms with Crippen LogP contribution in [-0.4, -0.2) is 51.4 Å². The van der Waals surface area contributed by atoms with Crippen LogP contribution in [0.3, 0.4) is 0 Å². The maximum Gasteiger partial charge on any atom is 0.0945 e. The third-order valence-electron chi connectivity index (χ3n) is 1.75. The maximum atomic E-state index is 10.2. The van der Waals surface area contributed by atoms with E-state index >= 15 is 0 Å². The van der Waals surface area contributed by atoms with Crippen LogP contribution >= 0.6 is 0 Å². The first kappa shape index (κ1) is 19.2. The molecule has 0 bridgehead atoms. The second kappa shape index (κ2) is 9.85. The Morgan fingerprint density at radius 2 is 1.24 bits per heavy atom. The summed E-state index contributed by atoms with van der Waals surface area (Å²) in [4.78, 5) is 0. The van der Waals surface area contributed by atoms with Gasteiger partial charge in [-0.1, -0.05) is 39.0 Å². The number of rotatable bonds is 7. The fourth-order valence-corrected chi connectivity index (χ4v) is 1.62. The molecule has 0 N–H and O–H groups in total. The summed E-state index contributed by atoms with van der Waals surface area (Å²) in [7, 11) is 4.53. The summed E-state index contributed by atoms with van der Waals surface area (Å²) < 4.78 is 31.5. The Bertz CT molecular complexity index is 249. The summed E-state index contributed by atoms with van der Waals surface area (Å²) in [5.41, 5.74) is 0. The number of unbranched alkanes of at least 4 members (excludes halogenated alkanes) is 5. The molecule has 0 saturated heterocycles. The zero-order chi connectivity index (χ0) is 13.9. The third kappa shape index (κ3) is 38.8. The molecule has 0 spiro atoms. The summed E-state index contributed by atoms with van der Waals surface area (Å²) >= 11 is 0. The average Bonchev–Trinajstić information content (AvgIpc) is 2.06. The molecule has 0 heterocycles. The molecule has 4 nitrogen and oxygen atoms in total. The molecule has 106 valence electrons. The van der Waals surface area contributed by atoms with E-state index in [4.69, 9.17) is 0 Å². The molecular formula is C12H29NO3S. The van der Waals surface area contributed by atoms with Gasteiger partial charge >= 0.3 is 0 Å². The van der Waals surface area contributed by atoms with Gasteiger partial charge in [0.15, 0.2) is 0 Å². The maximum absolute atomic E-state index is 10.2. The third-order valence-corrected chi connectivity index (χ3v) is 2.54. The number of nitrogens with zero attached hydrogens (tertiary/aromatic N) is 1. The van der Waals surface area contributed by atoms with E-state index in [9.17, 15) is 13.0 Å². The van der Waals surface area contributed by atoms with Crippen LogP contribution in [0.1, 0.15) is 45.4 Å². The zero-order valence-corrected chi connectivity index (χ0v) is 12.8. The highest BCUT2D eigenvalue weighted by Gasteiger charge is 1.94. The van der Waals surface area contributed by atoms with Gasteiger partial charge in [0.05, 0.1) is 38.3 Å². The SMILES string of the molecule is CCCCCCCCS(=O)(=O)[O-].C[N+](C)(C)C. The van der Waals surface area contributed by atoms with Crippen molar-refractivity contribution >= 4 is 10.1 Å². The summed E-state index contributed by atoms with van der Waals surface area (Å²) in [5, 5.41) is 0. The van der Waals surface area contributed by atoms with Crippen molar-refractivity contribution < 1.29 is 17.5 Å². The van der Waals surface area contributed by atoms with Gasteiger partial charge in [0.1, 0.15) is 0 Å². The van der Waals surface area contributed by atoms with E-state index in [0.29, 0.717) is 6.42 Å². The first-order valence-corrected chi connectivity index (χ1v) is 7.86. The summed E-state index contributed by atoms with van der Waals surface area (Å²) in [6, 6.07) is 0. The predicted octanol–water partition coefficient (Wildman–Crippen LogP) is 2.21. The minimum Gasteiger partial charge on any atom is -0.748 e. The standard InChI is InChI=1S/C8H18O3S.C4H12N/c1-2-3-4-5-6-7-8-12(9,10)11;1-5(2,3)4/h2-8H2,1H3,(H,9,10,11);1-4H3/q;+1/p-1. The van der Waals surface area contributed by atoms with E-state index in [-0.39, 0.29) is 5.75 Å². The largest absolute Gasteiger partial charge is 0.748 e. The van der Waals surface area contributed by atoms with Crippen LogP contribution in [0.25, 0.3) is 0 Å². The number of hydrogen-bond donors (Lipinski definition) is 0. The van der Waals surface area contributed by atoms with Crippen LogP contribution in [0.2, 0.25) is 0 Å². The van der Waals surface area contributed by atoms with Crippen molar-refractivity contribution in [1.82, 2.24) is 0 Å². The molecule has 0 unspecified atom stereocenters. The fourth-order valence-electron chi connectivity index (χ4n) is 1.06. The first-order chi connectivity index (χ1) is 7.56. The molecule has 0 aliphatic heterocycles. The molecule has 0 fully saturated rings. The van der Waals surface area contributed by atoms with E-state index < -0.39 is 10.1 Å². The van der Waals surface area contributed by atoms with Crippen molar-refractivity contribution in [1.29, 1.82) is 0 Å². The Labute approximate surface area is 107 Å². The molecule has 0 rings (SSSR count). The van der Waals surface area contributed by atoms with Crippen LogP contribution in [0.15, 0.2) is 0 Å². The van der Waals surface area contributed by atoms with Crippen LogP contribution in [0, 0.1) is 0 Å². The highest BCUT2D eigenvalue weighted by atomic mass is 32.2. The average molecular weight is 267 g/mol. The van der Waals surface area contributed by atoms with Gasteiger partial charge in [0.25, 0.3) is 0 Å². The van der Waals surface area contributed by atoms with Crippen LogP contribution in [0.5, 0.6) is 0 Å². The van der Waals surface area contributed by atoms with Gasteiger partial charge in [-0.25, -0.2) is 8.42 Å². The molecular weight excluding hydrogens is 238 g/mol. The second-order valence-electron chi connectivity index (χ2n) is 5.71. The van der Waals surface area contributed by atoms with E-state index in [0.717, 1.165) is 23.7 Å². The van der Waals surface area contributed by atoms with Gasteiger partial charge in [0, 0.05) is 5.75 Å². The Hall–Kier alpha value is -0.130. The number of quaternary nitrogens is 1. The highest BCUT2D eigenvalue weighted by molar-refractivity contribution is 7.85. The van der Waals surface area contributed by atoms with Gasteiger partial charge in [-0.3, -0.25) is 0 Å². The molecule has 0 aliphatic rings. The lowest BCUT2D eigenvalue weighted by Gasteiger charge is -2.14. The predicted molar refractivity (Wildman–Crippen MR) is 71.9 cm³/mol. The quantitative estimate of drug-likeness (QED) is 0.404. The molecule has 0 aromatic rings. The fraction of sp³-hybridized carbons (Fsp3) is 1.00. The molecule has 17 heavy (non-hydrogen) atoms. The van der Waals surface area contributed by atoms with E-state index in [2.05, 4.69) is 35.1 Å². The Kier molecular flexibility index (Phi) is 11.1. The molecule has 0 aliphatic carbocycles. The van der Waals surface area contributed by atoms with Gasteiger partial charge in [-0.05, 0) is 6.42 Å². The Morgan fingerprint density at radius 1 is 0.882 bits per heavy atom. The van der Waals surface area contributed by atoms with Crippen molar-refractivity contribution in [3.63, 3.8) is 0 Å². The smallest absolute Gasteiger partial charge is 0.0945 e. The molecule has 0 aromatic heterocycles. The monoisotopic (exact) mass is 267 g/mol. The Morgan fingerprint density at radius 3 is 1.59 bits per heavy atom. The minimum atomic E-state index is -3.97. The van der Waals surface area contributed by atoms with Crippen molar-refractivity contribution in [2.45, 2.75) is 45.4 Å². The summed E-state index contributed by atoms with van der Waals surface area (Å²) in [5.74, 6) is -0.195. The molecule has 0 atom stereocenters. The molecule has 5 heteroatoms. The summed E-state index contributed by atoms with van der Waals surface area (Å²) in [6.07, 6.45) is 5.96. The lowest BCUT2D eigenvalue weighted by Crippen LogP contribution is -2.27. The molecule has 0 amide bonds. The van der Waals surface area contributed by atoms with Crippen molar-refractivity contribution in [2.24, 2.45) is 0 Å². The minimum absolute atomic E-state index is 0.195. The number of hydrogen-bond acceptors (Lipinski definition) is 3. The topological polar surface area (TPSA) is 57.2 Å². The second-order valence-corrected chi connectivity index (χ2v) is 7.24. The normalized spacial score (nSPS) is 11.9. The van der Waals surface area contributed by atoms with Crippen molar-refractivity contribution in [2.75, 3.05) is 33.9 Å². The Balaban J connectivity index is 0. The van der Waals surface area contributed by atoms with Crippen molar-refractivity contribution in [3.8, 4) is 0 Å². The van der Waals surface area contributed by atoms with E-state index in [1.165, 1.54) is 12.8 Å². The lowest BCUT2D eigenvalue weighted by atomic mass is 10.1. The summed E-state index contributed by atoms with van der Waals surface area (Å²) in [6.45, 7) is 2.13. The zero-order valence-electron chi connectivity index (χ0n) is 12.0. The van der Waals surface area contributed by atoms with Crippen molar-refractivity contribution in [3.05, 3.63) is 0 Å². The van der Waals surface area contributed by atoms with Gasteiger partial charge in [0.2, 0.25) is 0 Å².